The summed E-state index contributed by atoms with van der Waals surface area (Å²) in [5, 5.41) is 1.34. The first-order chi connectivity index (χ1) is 12.9. The maximum absolute atomic E-state index is 12.9. The Kier molecular flexibility index (Phi) is 6.26. The smallest absolute Gasteiger partial charge is 0.252 e. The van der Waals surface area contributed by atoms with Crippen molar-refractivity contribution in [2.24, 2.45) is 0 Å². The average molecular weight is 400 g/mol. The minimum atomic E-state index is -0.104. The van der Waals surface area contributed by atoms with E-state index < -0.39 is 0 Å². The van der Waals surface area contributed by atoms with Crippen molar-refractivity contribution >= 4 is 50.3 Å². The number of aryl methyl sites for hydroxylation is 1. The number of aromatic nitrogens is 1. The highest BCUT2D eigenvalue weighted by atomic mass is 35.5. The summed E-state index contributed by atoms with van der Waals surface area (Å²) in [6, 6.07) is 13.6. The molecule has 140 valence electrons. The summed E-state index contributed by atoms with van der Waals surface area (Å²) in [5.74, 6) is -0.104. The molecular weight excluding hydrogens is 378 g/mol. The average Bonchev–Trinajstić information content (AvgIpc) is 3.03. The molecule has 3 aromatic rings. The van der Waals surface area contributed by atoms with Crippen LogP contribution in [0.15, 0.2) is 48.5 Å². The summed E-state index contributed by atoms with van der Waals surface area (Å²) in [5.41, 5.74) is 2.92. The second-order valence-corrected chi connectivity index (χ2v) is 8.03. The van der Waals surface area contributed by atoms with Crippen molar-refractivity contribution in [3.8, 4) is 0 Å². The molecule has 0 atom stereocenters. The molecule has 1 heterocycles. The monoisotopic (exact) mass is 399 g/mol. The van der Waals surface area contributed by atoms with Gasteiger partial charge in [-0.2, -0.15) is 0 Å². The summed E-state index contributed by atoms with van der Waals surface area (Å²) in [6.45, 7) is 3.37. The number of anilines is 1. The van der Waals surface area contributed by atoms with Gasteiger partial charge in [-0.25, -0.2) is 4.98 Å². The molecule has 0 aliphatic heterocycles. The molecule has 0 spiro atoms. The third-order valence-corrected chi connectivity index (χ3v) is 5.50. The molecule has 0 saturated heterocycles. The van der Waals surface area contributed by atoms with Crippen molar-refractivity contribution in [3.63, 3.8) is 0 Å². The van der Waals surface area contributed by atoms with Crippen molar-refractivity contribution in [1.29, 1.82) is 0 Å². The molecule has 0 bridgehead atoms. The Bertz CT molecular complexity index is 980. The second-order valence-electron chi connectivity index (χ2n) is 6.62. The Morgan fingerprint density at radius 1 is 1.19 bits per heavy atom. The van der Waals surface area contributed by atoms with Gasteiger partial charge in [0.05, 0.1) is 10.2 Å². The second kappa shape index (κ2) is 8.65. The van der Waals surface area contributed by atoms with Gasteiger partial charge in [0.25, 0.3) is 5.91 Å². The quantitative estimate of drug-likeness (QED) is 0.555. The lowest BCUT2D eigenvalue weighted by atomic mass is 10.2. The van der Waals surface area contributed by atoms with Gasteiger partial charge in [0, 0.05) is 24.2 Å². The maximum Gasteiger partial charge on any atom is 0.252 e. The molecule has 3 rings (SSSR count). The van der Waals surface area contributed by atoms with E-state index >= 15 is 0 Å². The Morgan fingerprint density at radius 3 is 2.70 bits per heavy atom. The number of hydrogen-bond acceptors (Lipinski definition) is 4. The predicted molar refractivity (Wildman–Crippen MR) is 116 cm³/mol. The summed E-state index contributed by atoms with van der Waals surface area (Å²) in [7, 11) is 3.98. The number of rotatable bonds is 6. The van der Waals surface area contributed by atoms with E-state index in [1.807, 2.05) is 50.5 Å². The highest BCUT2D eigenvalue weighted by Gasteiger charge is 2.18. The van der Waals surface area contributed by atoms with Crippen molar-refractivity contribution in [1.82, 2.24) is 9.88 Å². The fraction of sp³-hybridized carbons (Fsp3) is 0.238. The molecule has 1 aromatic heterocycles. The van der Waals surface area contributed by atoms with Gasteiger partial charge in [-0.1, -0.05) is 47.2 Å². The van der Waals surface area contributed by atoms with Crippen LogP contribution >= 0.6 is 22.9 Å². The first kappa shape index (κ1) is 19.5. The van der Waals surface area contributed by atoms with Crippen LogP contribution in [-0.2, 0) is 4.79 Å². The summed E-state index contributed by atoms with van der Waals surface area (Å²) < 4.78 is 1.09. The third-order valence-electron chi connectivity index (χ3n) is 4.11. The lowest BCUT2D eigenvalue weighted by Crippen LogP contribution is -2.35. The van der Waals surface area contributed by atoms with Crippen LogP contribution in [0, 0.1) is 6.92 Å². The molecule has 0 fully saturated rings. The predicted octanol–water partition coefficient (Wildman–Crippen LogP) is 4.87. The molecule has 6 heteroatoms. The first-order valence-corrected chi connectivity index (χ1v) is 9.89. The third kappa shape index (κ3) is 4.95. The number of likely N-dealkylation sites (N-methyl/N-ethyl adjacent to an activating group) is 1. The van der Waals surface area contributed by atoms with Crippen LogP contribution in [0.5, 0.6) is 0 Å². The number of thiazole rings is 1. The number of halogens is 1. The van der Waals surface area contributed by atoms with Crippen molar-refractivity contribution in [2.75, 3.05) is 32.1 Å². The normalized spacial score (nSPS) is 11.6. The summed E-state index contributed by atoms with van der Waals surface area (Å²) in [6.07, 6.45) is 3.32. The van der Waals surface area contributed by atoms with E-state index in [4.69, 9.17) is 11.6 Å². The van der Waals surface area contributed by atoms with Crippen molar-refractivity contribution < 1.29 is 4.79 Å². The van der Waals surface area contributed by atoms with E-state index in [-0.39, 0.29) is 5.91 Å². The molecular formula is C21H22ClN3OS. The molecule has 27 heavy (non-hydrogen) atoms. The first-order valence-electron chi connectivity index (χ1n) is 8.70. The van der Waals surface area contributed by atoms with E-state index in [0.29, 0.717) is 16.7 Å². The van der Waals surface area contributed by atoms with E-state index in [0.717, 1.165) is 22.3 Å². The summed E-state index contributed by atoms with van der Waals surface area (Å²) in [4.78, 5) is 21.4. The minimum absolute atomic E-state index is 0.104. The minimum Gasteiger partial charge on any atom is -0.308 e. The van der Waals surface area contributed by atoms with E-state index in [1.165, 1.54) is 16.9 Å². The fourth-order valence-electron chi connectivity index (χ4n) is 2.60. The Labute approximate surface area is 168 Å². The number of carbonyl (C=O) groups excluding carboxylic acids is 1. The van der Waals surface area contributed by atoms with Gasteiger partial charge < -0.3 is 4.90 Å². The standard InChI is InChI=1S/C21H22ClN3OS/c1-15-8-10-18-19(14-15)27-21(23-18)25(13-12-24(2)3)20(26)11-9-16-6-4-5-7-17(16)22/h4-11,14H,12-13H2,1-3H3/b11-9+. The summed E-state index contributed by atoms with van der Waals surface area (Å²) >= 11 is 7.72. The molecule has 0 aliphatic rings. The molecule has 0 unspecified atom stereocenters. The SMILES string of the molecule is Cc1ccc2nc(N(CCN(C)C)C(=O)/C=C/c3ccccc3Cl)sc2c1. The van der Waals surface area contributed by atoms with Gasteiger partial charge in [-0.15, -0.1) is 0 Å². The van der Waals surface area contributed by atoms with Crippen LogP contribution in [0.4, 0.5) is 5.13 Å². The van der Waals surface area contributed by atoms with Crippen LogP contribution in [-0.4, -0.2) is 43.0 Å². The highest BCUT2D eigenvalue weighted by molar-refractivity contribution is 7.22. The van der Waals surface area contributed by atoms with E-state index in [1.54, 1.807) is 17.1 Å². The van der Waals surface area contributed by atoms with Gasteiger partial charge in [-0.3, -0.25) is 9.69 Å². The van der Waals surface area contributed by atoms with E-state index in [9.17, 15) is 4.79 Å². The zero-order valence-corrected chi connectivity index (χ0v) is 17.2. The molecule has 0 saturated carbocycles. The van der Waals surface area contributed by atoms with Crippen molar-refractivity contribution in [3.05, 3.63) is 64.7 Å². The van der Waals surface area contributed by atoms with Gasteiger partial charge >= 0.3 is 0 Å². The zero-order chi connectivity index (χ0) is 19.4. The molecule has 4 nitrogen and oxygen atoms in total. The largest absolute Gasteiger partial charge is 0.308 e. The van der Waals surface area contributed by atoms with Crippen LogP contribution < -0.4 is 4.90 Å². The molecule has 0 N–H and O–H groups in total. The van der Waals surface area contributed by atoms with Crippen LogP contribution in [0.1, 0.15) is 11.1 Å². The van der Waals surface area contributed by atoms with Crippen LogP contribution in [0.25, 0.3) is 16.3 Å². The van der Waals surface area contributed by atoms with E-state index in [2.05, 4.69) is 22.9 Å². The zero-order valence-electron chi connectivity index (χ0n) is 15.6. The van der Waals surface area contributed by atoms with Gasteiger partial charge in [0.15, 0.2) is 5.13 Å². The molecule has 0 radical (unpaired) electrons. The Morgan fingerprint density at radius 2 is 1.96 bits per heavy atom. The molecule has 1 amide bonds. The highest BCUT2D eigenvalue weighted by Crippen LogP contribution is 2.30. The topological polar surface area (TPSA) is 36.4 Å². The van der Waals surface area contributed by atoms with Gasteiger partial charge in [0.2, 0.25) is 0 Å². The lowest BCUT2D eigenvalue weighted by molar-refractivity contribution is -0.114. The molecule has 2 aromatic carbocycles. The lowest BCUT2D eigenvalue weighted by Gasteiger charge is -2.20. The van der Waals surface area contributed by atoms with Crippen LogP contribution in [0.3, 0.4) is 0 Å². The number of benzene rings is 2. The van der Waals surface area contributed by atoms with Crippen LogP contribution in [0.2, 0.25) is 5.02 Å². The Balaban J connectivity index is 1.89. The number of hydrogen-bond donors (Lipinski definition) is 0. The van der Waals surface area contributed by atoms with Gasteiger partial charge in [0.1, 0.15) is 0 Å². The maximum atomic E-state index is 12.9. The number of carbonyl (C=O) groups is 1. The van der Waals surface area contributed by atoms with Gasteiger partial charge in [-0.05, 0) is 56.4 Å². The number of nitrogens with zero attached hydrogens (tertiary/aromatic N) is 3. The Hall–Kier alpha value is -2.21. The van der Waals surface area contributed by atoms with Crippen molar-refractivity contribution in [2.45, 2.75) is 6.92 Å². The number of amides is 1. The number of fused-ring (bicyclic) bond motifs is 1. The molecule has 0 aliphatic carbocycles. The fourth-order valence-corrected chi connectivity index (χ4v) is 3.89.